The summed E-state index contributed by atoms with van der Waals surface area (Å²) in [6.07, 6.45) is 2.66. The second kappa shape index (κ2) is 5.92. The molecule has 1 nitrogen and oxygen atoms in total. The van der Waals surface area contributed by atoms with Gasteiger partial charge >= 0.3 is 0 Å². The summed E-state index contributed by atoms with van der Waals surface area (Å²) in [5.41, 5.74) is 5.73. The summed E-state index contributed by atoms with van der Waals surface area (Å²) < 4.78 is 0. The molecule has 1 aromatic carbocycles. The van der Waals surface area contributed by atoms with E-state index in [4.69, 9.17) is 0 Å². The molecule has 1 aliphatic rings. The van der Waals surface area contributed by atoms with Gasteiger partial charge in [-0.05, 0) is 61.8 Å². The number of hydrogen-bond acceptors (Lipinski definition) is 2. The minimum atomic E-state index is 0.733. The first-order valence-corrected chi connectivity index (χ1v) is 7.70. The van der Waals surface area contributed by atoms with Crippen molar-refractivity contribution in [3.63, 3.8) is 0 Å². The number of benzene rings is 1. The molecule has 1 heterocycles. The molecule has 0 bridgehead atoms. The zero-order valence-electron chi connectivity index (χ0n) is 11.2. The Labute approximate surface area is 109 Å². The number of aryl methyl sites for hydroxylation is 3. The zero-order chi connectivity index (χ0) is 12.3. The predicted molar refractivity (Wildman–Crippen MR) is 77.8 cm³/mol. The van der Waals surface area contributed by atoms with Gasteiger partial charge in [0.25, 0.3) is 0 Å². The Kier molecular flexibility index (Phi) is 4.52. The summed E-state index contributed by atoms with van der Waals surface area (Å²) in [4.78, 5) is 0. The SMILES string of the molecule is Cc1cc(C)c(CNC2CCSCC2)c(C)c1. The molecule has 0 atom stereocenters. The maximum Gasteiger partial charge on any atom is 0.0213 e. The third-order valence-electron chi connectivity index (χ3n) is 3.63. The fourth-order valence-electron chi connectivity index (χ4n) is 2.64. The van der Waals surface area contributed by atoms with Gasteiger partial charge in [-0.3, -0.25) is 0 Å². The summed E-state index contributed by atoms with van der Waals surface area (Å²) in [6.45, 7) is 7.67. The van der Waals surface area contributed by atoms with Crippen molar-refractivity contribution in [2.45, 2.75) is 46.2 Å². The number of nitrogens with one attached hydrogen (secondary N) is 1. The van der Waals surface area contributed by atoms with Crippen LogP contribution in [0.15, 0.2) is 12.1 Å². The van der Waals surface area contributed by atoms with Crippen molar-refractivity contribution >= 4 is 11.8 Å². The van der Waals surface area contributed by atoms with Gasteiger partial charge in [-0.1, -0.05) is 17.7 Å². The molecule has 0 aromatic heterocycles. The molecule has 0 saturated carbocycles. The van der Waals surface area contributed by atoms with Gasteiger partial charge in [-0.2, -0.15) is 11.8 Å². The monoisotopic (exact) mass is 249 g/mol. The zero-order valence-corrected chi connectivity index (χ0v) is 12.0. The summed E-state index contributed by atoms with van der Waals surface area (Å²) in [5, 5.41) is 3.73. The van der Waals surface area contributed by atoms with Gasteiger partial charge in [-0.25, -0.2) is 0 Å². The maximum absolute atomic E-state index is 3.73. The van der Waals surface area contributed by atoms with Gasteiger partial charge in [0.1, 0.15) is 0 Å². The molecular weight excluding hydrogens is 226 g/mol. The summed E-state index contributed by atoms with van der Waals surface area (Å²) >= 11 is 2.09. The van der Waals surface area contributed by atoms with Gasteiger partial charge in [0.05, 0.1) is 0 Å². The summed E-state index contributed by atoms with van der Waals surface area (Å²) in [6, 6.07) is 5.32. The van der Waals surface area contributed by atoms with Gasteiger partial charge < -0.3 is 5.32 Å². The standard InChI is InChI=1S/C15H23NS/c1-11-8-12(2)15(13(3)9-11)10-16-14-4-6-17-7-5-14/h8-9,14,16H,4-7,10H2,1-3H3. The highest BCUT2D eigenvalue weighted by Crippen LogP contribution is 2.19. The van der Waals surface area contributed by atoms with Crippen LogP contribution in [-0.2, 0) is 6.54 Å². The first kappa shape index (κ1) is 13.0. The Balaban J connectivity index is 1.98. The summed E-state index contributed by atoms with van der Waals surface area (Å²) in [5.74, 6) is 2.65. The lowest BCUT2D eigenvalue weighted by Crippen LogP contribution is -2.32. The first-order chi connectivity index (χ1) is 8.16. The number of rotatable bonds is 3. The molecule has 2 rings (SSSR count). The molecule has 17 heavy (non-hydrogen) atoms. The van der Waals surface area contributed by atoms with Gasteiger partial charge in [-0.15, -0.1) is 0 Å². The van der Waals surface area contributed by atoms with Crippen molar-refractivity contribution < 1.29 is 0 Å². The smallest absolute Gasteiger partial charge is 0.0213 e. The van der Waals surface area contributed by atoms with E-state index in [2.05, 4.69) is 50.0 Å². The first-order valence-electron chi connectivity index (χ1n) is 6.54. The predicted octanol–water partition coefficient (Wildman–Crippen LogP) is 3.60. The second-order valence-corrected chi connectivity index (χ2v) is 6.37. The number of hydrogen-bond donors (Lipinski definition) is 1. The highest BCUT2D eigenvalue weighted by molar-refractivity contribution is 7.99. The Morgan fingerprint density at radius 3 is 2.29 bits per heavy atom. The van der Waals surface area contributed by atoms with Gasteiger partial charge in [0.2, 0.25) is 0 Å². The Bertz CT molecular complexity index is 358. The molecule has 1 fully saturated rings. The van der Waals surface area contributed by atoms with Crippen LogP contribution in [-0.4, -0.2) is 17.5 Å². The lowest BCUT2D eigenvalue weighted by Gasteiger charge is -2.23. The van der Waals surface area contributed by atoms with Crippen LogP contribution in [0.5, 0.6) is 0 Å². The summed E-state index contributed by atoms with van der Waals surface area (Å²) in [7, 11) is 0. The minimum absolute atomic E-state index is 0.733. The van der Waals surface area contributed by atoms with Crippen molar-refractivity contribution in [3.8, 4) is 0 Å². The maximum atomic E-state index is 3.73. The van der Waals surface area contributed by atoms with E-state index >= 15 is 0 Å². The van der Waals surface area contributed by atoms with E-state index in [-0.39, 0.29) is 0 Å². The molecule has 0 unspecified atom stereocenters. The molecular formula is C15H23NS. The second-order valence-electron chi connectivity index (χ2n) is 5.14. The molecule has 1 N–H and O–H groups in total. The topological polar surface area (TPSA) is 12.0 Å². The molecule has 1 saturated heterocycles. The largest absolute Gasteiger partial charge is 0.310 e. The molecule has 1 aromatic rings. The minimum Gasteiger partial charge on any atom is -0.310 e. The van der Waals surface area contributed by atoms with E-state index in [1.165, 1.54) is 46.6 Å². The molecule has 2 heteroatoms. The molecule has 94 valence electrons. The third-order valence-corrected chi connectivity index (χ3v) is 4.68. The van der Waals surface area contributed by atoms with Crippen LogP contribution < -0.4 is 5.32 Å². The highest BCUT2D eigenvalue weighted by atomic mass is 32.2. The van der Waals surface area contributed by atoms with Gasteiger partial charge in [0.15, 0.2) is 0 Å². The van der Waals surface area contributed by atoms with Crippen LogP contribution in [0.3, 0.4) is 0 Å². The average molecular weight is 249 g/mol. The molecule has 0 aliphatic carbocycles. The Morgan fingerprint density at radius 2 is 1.71 bits per heavy atom. The van der Waals surface area contributed by atoms with E-state index < -0.39 is 0 Å². The van der Waals surface area contributed by atoms with E-state index in [0.29, 0.717) is 0 Å². The van der Waals surface area contributed by atoms with Crippen LogP contribution in [0.4, 0.5) is 0 Å². The fourth-order valence-corrected chi connectivity index (χ4v) is 3.74. The van der Waals surface area contributed by atoms with Gasteiger partial charge in [0, 0.05) is 12.6 Å². The van der Waals surface area contributed by atoms with E-state index in [0.717, 1.165) is 12.6 Å². The van der Waals surface area contributed by atoms with E-state index in [9.17, 15) is 0 Å². The van der Waals surface area contributed by atoms with E-state index in [1.54, 1.807) is 0 Å². The molecule has 1 aliphatic heterocycles. The van der Waals surface area contributed by atoms with Crippen LogP contribution in [0, 0.1) is 20.8 Å². The molecule has 0 spiro atoms. The van der Waals surface area contributed by atoms with Crippen molar-refractivity contribution in [1.29, 1.82) is 0 Å². The van der Waals surface area contributed by atoms with E-state index in [1.807, 2.05) is 0 Å². The van der Waals surface area contributed by atoms with Crippen LogP contribution in [0.25, 0.3) is 0 Å². The lowest BCUT2D eigenvalue weighted by molar-refractivity contribution is 0.481. The Hall–Kier alpha value is -0.470. The van der Waals surface area contributed by atoms with Crippen LogP contribution in [0.1, 0.15) is 35.1 Å². The number of thioether (sulfide) groups is 1. The van der Waals surface area contributed by atoms with Crippen LogP contribution in [0.2, 0.25) is 0 Å². The Morgan fingerprint density at radius 1 is 1.12 bits per heavy atom. The quantitative estimate of drug-likeness (QED) is 0.878. The van der Waals surface area contributed by atoms with Crippen molar-refractivity contribution in [2.24, 2.45) is 0 Å². The van der Waals surface area contributed by atoms with Crippen molar-refractivity contribution in [2.75, 3.05) is 11.5 Å². The highest BCUT2D eigenvalue weighted by Gasteiger charge is 2.13. The average Bonchev–Trinajstić information content (AvgIpc) is 2.29. The lowest BCUT2D eigenvalue weighted by atomic mass is 9.99. The van der Waals surface area contributed by atoms with Crippen LogP contribution >= 0.6 is 11.8 Å². The molecule has 0 amide bonds. The third kappa shape index (κ3) is 3.49. The van der Waals surface area contributed by atoms with Crippen molar-refractivity contribution in [3.05, 3.63) is 34.4 Å². The van der Waals surface area contributed by atoms with Crippen molar-refractivity contribution in [1.82, 2.24) is 5.32 Å². The molecule has 0 radical (unpaired) electrons. The normalized spacial score (nSPS) is 17.4. The fraction of sp³-hybridized carbons (Fsp3) is 0.600.